The van der Waals surface area contributed by atoms with Crippen molar-refractivity contribution in [3.8, 4) is 0 Å². The van der Waals surface area contributed by atoms with Gasteiger partial charge in [0.2, 0.25) is 0 Å². The third kappa shape index (κ3) is 2.57. The van der Waals surface area contributed by atoms with Crippen LogP contribution in [0.4, 0.5) is 4.39 Å². The van der Waals surface area contributed by atoms with Gasteiger partial charge in [-0.25, -0.2) is 4.39 Å². The summed E-state index contributed by atoms with van der Waals surface area (Å²) >= 11 is 5.88. The van der Waals surface area contributed by atoms with Crippen LogP contribution < -0.4 is 11.1 Å². The molecular weight excluding hydrogens is 263 g/mol. The van der Waals surface area contributed by atoms with E-state index in [0.717, 1.165) is 25.2 Å². The first-order valence-electron chi connectivity index (χ1n) is 6.76. The van der Waals surface area contributed by atoms with Gasteiger partial charge in [-0.1, -0.05) is 17.7 Å². The van der Waals surface area contributed by atoms with E-state index >= 15 is 0 Å². The zero-order chi connectivity index (χ0) is 13.5. The lowest BCUT2D eigenvalue weighted by atomic mass is 9.88. The molecule has 0 bridgehead atoms. The topological polar surface area (TPSA) is 38.0 Å². The molecule has 1 aromatic rings. The molecular formula is C15H18ClFN2. The van der Waals surface area contributed by atoms with Crippen molar-refractivity contribution >= 4 is 11.6 Å². The van der Waals surface area contributed by atoms with Crippen molar-refractivity contribution in [3.05, 3.63) is 46.5 Å². The Morgan fingerprint density at radius 1 is 1.42 bits per heavy atom. The second kappa shape index (κ2) is 4.71. The van der Waals surface area contributed by atoms with E-state index in [4.69, 9.17) is 17.3 Å². The number of halogens is 2. The third-order valence-corrected chi connectivity index (χ3v) is 4.65. The van der Waals surface area contributed by atoms with Crippen LogP contribution in [-0.2, 0) is 5.41 Å². The monoisotopic (exact) mass is 280 g/mol. The zero-order valence-corrected chi connectivity index (χ0v) is 11.5. The molecule has 19 heavy (non-hydrogen) atoms. The Balaban J connectivity index is 1.68. The van der Waals surface area contributed by atoms with Crippen molar-refractivity contribution < 1.29 is 4.39 Å². The van der Waals surface area contributed by atoms with Gasteiger partial charge in [-0.3, -0.25) is 0 Å². The highest BCUT2D eigenvalue weighted by Crippen LogP contribution is 2.52. The van der Waals surface area contributed by atoms with Crippen LogP contribution in [-0.4, -0.2) is 6.54 Å². The Bertz CT molecular complexity index is 523. The number of benzene rings is 1. The first kappa shape index (κ1) is 12.8. The molecule has 1 aliphatic carbocycles. The highest BCUT2D eigenvalue weighted by atomic mass is 35.5. The van der Waals surface area contributed by atoms with Crippen molar-refractivity contribution in [2.75, 3.05) is 6.54 Å². The van der Waals surface area contributed by atoms with E-state index < -0.39 is 0 Å². The van der Waals surface area contributed by atoms with Crippen molar-refractivity contribution in [2.45, 2.75) is 31.1 Å². The Hall–Kier alpha value is -1.22. The average molecular weight is 281 g/mol. The summed E-state index contributed by atoms with van der Waals surface area (Å²) in [4.78, 5) is 0. The quantitative estimate of drug-likeness (QED) is 0.888. The molecule has 0 aromatic heterocycles. The summed E-state index contributed by atoms with van der Waals surface area (Å²) < 4.78 is 13.2. The smallest absolute Gasteiger partial charge is 0.141 e. The fourth-order valence-electron chi connectivity index (χ4n) is 2.93. The predicted octanol–water partition coefficient (Wildman–Crippen LogP) is 3.31. The lowest BCUT2D eigenvalue weighted by Crippen LogP contribution is -2.17. The second-order valence-electron chi connectivity index (χ2n) is 5.71. The standard InChI is InChI=1S/C15H18ClFN2/c16-12-8-11(1-2-13(12)17)15(5-6-15)4-3-10-7-14(18)19-9-10/h1-2,7-8,10,19H,3-6,9,18H2/t10-/m0/s1. The highest BCUT2D eigenvalue weighted by Gasteiger charge is 2.44. The Morgan fingerprint density at radius 3 is 2.79 bits per heavy atom. The number of hydrogen-bond acceptors (Lipinski definition) is 2. The molecule has 2 aliphatic rings. The van der Waals surface area contributed by atoms with E-state index in [2.05, 4.69) is 11.4 Å². The SMILES string of the molecule is NC1=C[C@H](CCC2(c3ccc(F)c(Cl)c3)CC2)CN1. The molecule has 0 amide bonds. The van der Waals surface area contributed by atoms with Gasteiger partial charge in [0.15, 0.2) is 0 Å². The van der Waals surface area contributed by atoms with Crippen molar-refractivity contribution in [1.29, 1.82) is 0 Å². The van der Waals surface area contributed by atoms with Crippen LogP contribution in [0.2, 0.25) is 5.02 Å². The summed E-state index contributed by atoms with van der Waals surface area (Å²) in [6.07, 6.45) is 6.68. The maximum Gasteiger partial charge on any atom is 0.141 e. The van der Waals surface area contributed by atoms with Gasteiger partial charge in [0.05, 0.1) is 10.8 Å². The minimum Gasteiger partial charge on any atom is -0.386 e. The van der Waals surface area contributed by atoms with Crippen molar-refractivity contribution in [3.63, 3.8) is 0 Å². The van der Waals surface area contributed by atoms with Crippen LogP contribution in [0.25, 0.3) is 0 Å². The molecule has 2 nitrogen and oxygen atoms in total. The molecule has 4 heteroatoms. The maximum atomic E-state index is 13.2. The Morgan fingerprint density at radius 2 is 2.21 bits per heavy atom. The normalized spacial score (nSPS) is 23.9. The molecule has 102 valence electrons. The van der Waals surface area contributed by atoms with Crippen molar-refractivity contribution in [1.82, 2.24) is 5.32 Å². The maximum absolute atomic E-state index is 13.2. The van der Waals surface area contributed by atoms with Crippen LogP contribution in [0.15, 0.2) is 30.1 Å². The van der Waals surface area contributed by atoms with E-state index in [0.29, 0.717) is 5.92 Å². The summed E-state index contributed by atoms with van der Waals surface area (Å²) in [6, 6.07) is 5.15. The summed E-state index contributed by atoms with van der Waals surface area (Å²) in [5.74, 6) is 0.977. The first-order valence-corrected chi connectivity index (χ1v) is 7.14. The average Bonchev–Trinajstić information content (AvgIpc) is 3.07. The van der Waals surface area contributed by atoms with E-state index in [-0.39, 0.29) is 16.3 Å². The fraction of sp³-hybridized carbons (Fsp3) is 0.467. The number of rotatable bonds is 4. The van der Waals surface area contributed by atoms with Gasteiger partial charge in [-0.2, -0.15) is 0 Å². The number of hydrogen-bond donors (Lipinski definition) is 2. The van der Waals surface area contributed by atoms with E-state index in [1.807, 2.05) is 6.07 Å². The summed E-state index contributed by atoms with van der Waals surface area (Å²) in [5, 5.41) is 3.38. The van der Waals surface area contributed by atoms with Crippen LogP contribution >= 0.6 is 11.6 Å². The van der Waals surface area contributed by atoms with Crippen LogP contribution in [0.3, 0.4) is 0 Å². The molecule has 1 atom stereocenters. The number of nitrogens with two attached hydrogens (primary N) is 1. The largest absolute Gasteiger partial charge is 0.386 e. The molecule has 1 aromatic carbocycles. The van der Waals surface area contributed by atoms with Gasteiger partial charge in [0, 0.05) is 6.54 Å². The van der Waals surface area contributed by atoms with E-state index in [1.54, 1.807) is 6.07 Å². The van der Waals surface area contributed by atoms with Gasteiger partial charge in [-0.05, 0) is 60.8 Å². The molecule has 0 unspecified atom stereocenters. The molecule has 0 saturated heterocycles. The Kier molecular flexibility index (Phi) is 3.17. The predicted molar refractivity (Wildman–Crippen MR) is 75.3 cm³/mol. The van der Waals surface area contributed by atoms with E-state index in [1.165, 1.54) is 24.5 Å². The molecule has 3 N–H and O–H groups in total. The van der Waals surface area contributed by atoms with E-state index in [9.17, 15) is 4.39 Å². The van der Waals surface area contributed by atoms with Crippen LogP contribution in [0, 0.1) is 11.7 Å². The van der Waals surface area contributed by atoms with Crippen LogP contribution in [0.5, 0.6) is 0 Å². The van der Waals surface area contributed by atoms with Gasteiger partial charge < -0.3 is 11.1 Å². The third-order valence-electron chi connectivity index (χ3n) is 4.36. The zero-order valence-electron chi connectivity index (χ0n) is 10.8. The van der Waals surface area contributed by atoms with Gasteiger partial charge in [0.25, 0.3) is 0 Å². The molecule has 1 saturated carbocycles. The molecule has 3 rings (SSSR count). The molecule has 0 spiro atoms. The lowest BCUT2D eigenvalue weighted by Gasteiger charge is -2.18. The molecule has 1 fully saturated rings. The molecule has 1 heterocycles. The minimum absolute atomic E-state index is 0.225. The summed E-state index contributed by atoms with van der Waals surface area (Å²) in [6.45, 7) is 0.937. The minimum atomic E-state index is -0.336. The number of nitrogens with one attached hydrogen (secondary N) is 1. The fourth-order valence-corrected chi connectivity index (χ4v) is 3.11. The second-order valence-corrected chi connectivity index (χ2v) is 6.12. The summed E-state index contributed by atoms with van der Waals surface area (Å²) in [5.41, 5.74) is 7.13. The Labute approximate surface area is 117 Å². The summed E-state index contributed by atoms with van der Waals surface area (Å²) in [7, 11) is 0. The molecule has 0 radical (unpaired) electrons. The molecule has 1 aliphatic heterocycles. The van der Waals surface area contributed by atoms with Crippen LogP contribution in [0.1, 0.15) is 31.2 Å². The lowest BCUT2D eigenvalue weighted by molar-refractivity contribution is 0.500. The van der Waals surface area contributed by atoms with Crippen molar-refractivity contribution in [2.24, 2.45) is 11.7 Å². The highest BCUT2D eigenvalue weighted by molar-refractivity contribution is 6.30. The van der Waals surface area contributed by atoms with Gasteiger partial charge >= 0.3 is 0 Å². The first-order chi connectivity index (χ1) is 9.09. The van der Waals surface area contributed by atoms with Gasteiger partial charge in [0.1, 0.15) is 5.82 Å². The van der Waals surface area contributed by atoms with Gasteiger partial charge in [-0.15, -0.1) is 0 Å².